The summed E-state index contributed by atoms with van der Waals surface area (Å²) in [5.74, 6) is 0. The Morgan fingerprint density at radius 2 is 1.04 bits per heavy atom. The molecule has 3 heteroatoms. The number of rotatable bonds is 4. The quantitative estimate of drug-likeness (QED) is 0.199. The highest BCUT2D eigenvalue weighted by molar-refractivity contribution is 6.20. The number of furan rings is 1. The first-order chi connectivity index (χ1) is 25.0. The summed E-state index contributed by atoms with van der Waals surface area (Å²) in [7, 11) is 0. The molecule has 3 nitrogen and oxygen atoms in total. The third kappa shape index (κ3) is 3.87. The van der Waals surface area contributed by atoms with Gasteiger partial charge in [0, 0.05) is 38.3 Å². The molecule has 0 amide bonds. The number of benzene rings is 8. The highest BCUT2D eigenvalue weighted by Gasteiger charge is 2.22. The zero-order valence-corrected chi connectivity index (χ0v) is 25.2. The van der Waals surface area contributed by atoms with Crippen molar-refractivity contribution >= 4 is 82.4 Å². The predicted octanol–water partition coefficient (Wildman–Crippen LogP) is 12.5. The van der Waals surface area contributed by atoms with Crippen LogP contribution >= 0.6 is 0 Å². The van der Waals surface area contributed by atoms with Crippen molar-refractivity contribution in [2.45, 2.75) is 0 Å². The van der Waals surface area contributed by atoms with Crippen LogP contribution in [0.3, 0.4) is 0 Å². The molecular weight excluding hydrogens is 572 g/mol. The van der Waals surface area contributed by atoms with E-state index in [4.69, 9.17) is 4.42 Å². The fourth-order valence-electron chi connectivity index (χ4n) is 7.18. The highest BCUT2D eigenvalue weighted by atomic mass is 16.3. The van der Waals surface area contributed by atoms with Crippen LogP contribution in [0, 0.1) is 0 Å². The molecule has 2 heterocycles. The molecule has 10 aromatic rings. The standard InChI is InChI=1S/C44H28N2O/c1-3-14-33-29(11-1)13-9-20-38(33)46(41-21-10-22-42-43(41)37-28-23-30-12-2-4-15-34(30)44(37)47-42)32-26-24-31(25-27-32)45-39-18-7-5-16-35(39)36-17-6-8-19-40(36)45/h1-28H/i24D,25D,26D,27D. The molecule has 0 unspecified atom stereocenters. The Morgan fingerprint density at radius 3 is 1.79 bits per heavy atom. The van der Waals surface area contributed by atoms with Crippen LogP contribution in [-0.4, -0.2) is 4.57 Å². The van der Waals surface area contributed by atoms with E-state index < -0.39 is 0 Å². The molecule has 0 fully saturated rings. The summed E-state index contributed by atoms with van der Waals surface area (Å²) in [6.07, 6.45) is 0. The van der Waals surface area contributed by atoms with E-state index in [2.05, 4.69) is 24.3 Å². The SMILES string of the molecule is [2H]c1c([2H])c(-n2c3ccccc3c3ccccc32)c([2H])c([2H])c1N(c1cccc2ccccc12)c1cccc2oc3c4ccccc4ccc3c12. The molecule has 0 saturated heterocycles. The van der Waals surface area contributed by atoms with Gasteiger partial charge in [0.05, 0.1) is 33.3 Å². The van der Waals surface area contributed by atoms with Gasteiger partial charge in [0.2, 0.25) is 0 Å². The van der Waals surface area contributed by atoms with Gasteiger partial charge < -0.3 is 13.9 Å². The van der Waals surface area contributed by atoms with Crippen LogP contribution in [0.2, 0.25) is 0 Å². The Balaban J connectivity index is 1.32. The van der Waals surface area contributed by atoms with Crippen LogP contribution < -0.4 is 4.90 Å². The van der Waals surface area contributed by atoms with Gasteiger partial charge >= 0.3 is 0 Å². The maximum absolute atomic E-state index is 9.70. The number of aromatic nitrogens is 1. The summed E-state index contributed by atoms with van der Waals surface area (Å²) in [6.45, 7) is 0. The van der Waals surface area contributed by atoms with Crippen molar-refractivity contribution in [3.8, 4) is 5.69 Å². The molecule has 47 heavy (non-hydrogen) atoms. The van der Waals surface area contributed by atoms with Crippen LogP contribution in [0.25, 0.3) is 71.0 Å². The Labute approximate surface area is 276 Å². The van der Waals surface area contributed by atoms with Crippen molar-refractivity contribution in [3.05, 3.63) is 170 Å². The topological polar surface area (TPSA) is 21.3 Å². The second-order valence-corrected chi connectivity index (χ2v) is 11.8. The molecule has 2 aromatic heterocycles. The van der Waals surface area contributed by atoms with Gasteiger partial charge in [0.15, 0.2) is 0 Å². The number of nitrogens with zero attached hydrogens (tertiary/aromatic N) is 2. The third-order valence-corrected chi connectivity index (χ3v) is 9.24. The lowest BCUT2D eigenvalue weighted by Crippen LogP contribution is -2.11. The smallest absolute Gasteiger partial charge is 0.143 e. The van der Waals surface area contributed by atoms with E-state index >= 15 is 0 Å². The minimum atomic E-state index is -0.143. The maximum atomic E-state index is 9.70. The second-order valence-electron chi connectivity index (χ2n) is 11.8. The van der Waals surface area contributed by atoms with Gasteiger partial charge in [0.1, 0.15) is 11.2 Å². The van der Waals surface area contributed by atoms with Crippen LogP contribution in [-0.2, 0) is 0 Å². The van der Waals surface area contributed by atoms with E-state index in [0.717, 1.165) is 65.4 Å². The van der Waals surface area contributed by atoms with Crippen LogP contribution in [0.15, 0.2) is 174 Å². The number of hydrogen-bond donors (Lipinski definition) is 0. The molecular formula is C44H28N2O. The number of para-hydroxylation sites is 2. The number of fused-ring (bicyclic) bond motifs is 9. The Morgan fingerprint density at radius 1 is 0.468 bits per heavy atom. The van der Waals surface area contributed by atoms with Crippen LogP contribution in [0.5, 0.6) is 0 Å². The van der Waals surface area contributed by atoms with Crippen molar-refractivity contribution in [1.29, 1.82) is 0 Å². The number of anilines is 3. The summed E-state index contributed by atoms with van der Waals surface area (Å²) in [5.41, 5.74) is 4.87. The summed E-state index contributed by atoms with van der Waals surface area (Å²) in [4.78, 5) is 1.89. The molecule has 0 bridgehead atoms. The predicted molar refractivity (Wildman–Crippen MR) is 198 cm³/mol. The lowest BCUT2D eigenvalue weighted by atomic mass is 10.0. The minimum Gasteiger partial charge on any atom is -0.455 e. The van der Waals surface area contributed by atoms with Gasteiger partial charge in [-0.2, -0.15) is 0 Å². The van der Waals surface area contributed by atoms with Crippen LogP contribution in [0.1, 0.15) is 5.48 Å². The van der Waals surface area contributed by atoms with Crippen molar-refractivity contribution < 1.29 is 9.90 Å². The zero-order chi connectivity index (χ0) is 34.4. The lowest BCUT2D eigenvalue weighted by molar-refractivity contribution is 0.672. The minimum absolute atomic E-state index is 0.127. The van der Waals surface area contributed by atoms with Gasteiger partial charge in [-0.05, 0) is 71.3 Å². The first-order valence-electron chi connectivity index (χ1n) is 17.7. The fourth-order valence-corrected chi connectivity index (χ4v) is 7.18. The molecule has 0 spiro atoms. The Bertz CT molecular complexity index is 2960. The van der Waals surface area contributed by atoms with E-state index in [1.165, 1.54) is 0 Å². The van der Waals surface area contributed by atoms with Gasteiger partial charge in [-0.3, -0.25) is 0 Å². The van der Waals surface area contributed by atoms with Gasteiger partial charge in [-0.25, -0.2) is 0 Å². The third-order valence-electron chi connectivity index (χ3n) is 9.24. The molecule has 0 aliphatic rings. The van der Waals surface area contributed by atoms with Crippen LogP contribution in [0.4, 0.5) is 17.1 Å². The normalized spacial score (nSPS) is 13.0. The molecule has 0 radical (unpaired) electrons. The van der Waals surface area contributed by atoms with Crippen molar-refractivity contribution in [3.63, 3.8) is 0 Å². The summed E-state index contributed by atoms with van der Waals surface area (Å²) >= 11 is 0. The number of hydrogen-bond acceptors (Lipinski definition) is 2. The van der Waals surface area contributed by atoms with Gasteiger partial charge in [0.25, 0.3) is 0 Å². The van der Waals surface area contributed by atoms with E-state index in [0.29, 0.717) is 11.3 Å². The van der Waals surface area contributed by atoms with Crippen molar-refractivity contribution in [1.82, 2.24) is 4.57 Å². The van der Waals surface area contributed by atoms with Crippen molar-refractivity contribution in [2.24, 2.45) is 0 Å². The highest BCUT2D eigenvalue weighted by Crippen LogP contribution is 2.46. The zero-order valence-electron chi connectivity index (χ0n) is 29.2. The van der Waals surface area contributed by atoms with E-state index in [9.17, 15) is 5.48 Å². The van der Waals surface area contributed by atoms with E-state index in [-0.39, 0.29) is 35.5 Å². The molecule has 10 rings (SSSR count). The van der Waals surface area contributed by atoms with E-state index in [1.54, 1.807) is 0 Å². The van der Waals surface area contributed by atoms with Crippen molar-refractivity contribution in [2.75, 3.05) is 4.90 Å². The summed E-state index contributed by atoms with van der Waals surface area (Å²) in [5, 5.41) is 7.67. The summed E-state index contributed by atoms with van der Waals surface area (Å²) < 4.78 is 47.0. The fraction of sp³-hybridized carbons (Fsp3) is 0. The van der Waals surface area contributed by atoms with Gasteiger partial charge in [-0.1, -0.05) is 109 Å². The Kier molecular flexibility index (Phi) is 4.78. The lowest BCUT2D eigenvalue weighted by Gasteiger charge is -2.28. The van der Waals surface area contributed by atoms with E-state index in [1.807, 2.05) is 131 Å². The molecule has 8 aromatic carbocycles. The first kappa shape index (κ1) is 22.2. The monoisotopic (exact) mass is 604 g/mol. The average Bonchev–Trinajstić information content (AvgIpc) is 3.72. The second kappa shape index (κ2) is 10.1. The largest absolute Gasteiger partial charge is 0.455 e. The molecule has 220 valence electrons. The Hall–Kier alpha value is -6.32. The molecule has 0 aliphatic carbocycles. The summed E-state index contributed by atoms with van der Waals surface area (Å²) in [6, 6.07) is 47.4. The maximum Gasteiger partial charge on any atom is 0.143 e. The molecule has 0 N–H and O–H groups in total. The molecule has 0 aliphatic heterocycles. The first-order valence-corrected chi connectivity index (χ1v) is 15.7. The molecule has 0 atom stereocenters. The molecule has 0 saturated carbocycles. The average molecular weight is 605 g/mol. The van der Waals surface area contributed by atoms with Gasteiger partial charge in [-0.15, -0.1) is 0 Å².